The highest BCUT2D eigenvalue weighted by atomic mass is 32.1. The predicted octanol–water partition coefficient (Wildman–Crippen LogP) is 1.74. The Hall–Kier alpha value is -0.450. The summed E-state index contributed by atoms with van der Waals surface area (Å²) in [5.74, 6) is 0. The molecule has 0 aliphatic carbocycles. The van der Waals surface area contributed by atoms with Gasteiger partial charge in [0.2, 0.25) is 0 Å². The molecular formula is C11H20N2OS. The van der Waals surface area contributed by atoms with Crippen molar-refractivity contribution in [1.82, 2.24) is 10.3 Å². The summed E-state index contributed by atoms with van der Waals surface area (Å²) in [6, 6.07) is 0. The van der Waals surface area contributed by atoms with E-state index in [9.17, 15) is 5.11 Å². The Labute approximate surface area is 95.6 Å². The summed E-state index contributed by atoms with van der Waals surface area (Å²) in [5.41, 5.74) is 0.349. The van der Waals surface area contributed by atoms with E-state index in [0.717, 1.165) is 30.2 Å². The molecular weight excluding hydrogens is 208 g/mol. The molecule has 1 rings (SSSR count). The van der Waals surface area contributed by atoms with Crippen LogP contribution in [0.5, 0.6) is 0 Å². The number of aromatic nitrogens is 1. The van der Waals surface area contributed by atoms with Crippen LogP contribution in [0.15, 0.2) is 5.38 Å². The second-order valence-corrected chi connectivity index (χ2v) is 5.20. The van der Waals surface area contributed by atoms with E-state index >= 15 is 0 Å². The topological polar surface area (TPSA) is 45.1 Å². The molecule has 0 saturated heterocycles. The van der Waals surface area contributed by atoms with Gasteiger partial charge in [-0.05, 0) is 33.4 Å². The van der Waals surface area contributed by atoms with E-state index < -0.39 is 5.60 Å². The normalized spacial score (nSPS) is 15.2. The Bertz CT molecular complexity index is 297. The zero-order valence-corrected chi connectivity index (χ0v) is 10.5. The molecule has 0 radical (unpaired) electrons. The summed E-state index contributed by atoms with van der Waals surface area (Å²) in [7, 11) is 0. The van der Waals surface area contributed by atoms with Gasteiger partial charge in [0.15, 0.2) is 0 Å². The van der Waals surface area contributed by atoms with Crippen molar-refractivity contribution in [1.29, 1.82) is 0 Å². The molecule has 86 valence electrons. The molecule has 3 nitrogen and oxygen atoms in total. The van der Waals surface area contributed by atoms with E-state index in [0.29, 0.717) is 6.42 Å². The quantitative estimate of drug-likeness (QED) is 0.729. The molecule has 15 heavy (non-hydrogen) atoms. The Balaban J connectivity index is 2.41. The molecule has 1 aromatic heterocycles. The van der Waals surface area contributed by atoms with Gasteiger partial charge >= 0.3 is 0 Å². The standard InChI is InChI=1S/C11H20N2OS/c1-4-12-6-5-11(3,14)7-10-8-15-9(2)13-10/h8,12,14H,4-7H2,1-3H3. The third-order valence-electron chi connectivity index (χ3n) is 2.32. The van der Waals surface area contributed by atoms with Gasteiger partial charge in [-0.15, -0.1) is 11.3 Å². The van der Waals surface area contributed by atoms with Gasteiger partial charge in [0.05, 0.1) is 16.3 Å². The number of aryl methyl sites for hydroxylation is 1. The van der Waals surface area contributed by atoms with Gasteiger partial charge in [-0.1, -0.05) is 6.92 Å². The van der Waals surface area contributed by atoms with Crippen LogP contribution in [0.3, 0.4) is 0 Å². The van der Waals surface area contributed by atoms with Crippen molar-refractivity contribution in [2.75, 3.05) is 13.1 Å². The molecule has 1 atom stereocenters. The van der Waals surface area contributed by atoms with Crippen molar-refractivity contribution in [3.8, 4) is 0 Å². The lowest BCUT2D eigenvalue weighted by atomic mass is 9.96. The number of hydrogen-bond acceptors (Lipinski definition) is 4. The molecule has 0 saturated carbocycles. The van der Waals surface area contributed by atoms with Gasteiger partial charge in [0.1, 0.15) is 0 Å². The Kier molecular flexibility index (Phi) is 4.70. The summed E-state index contributed by atoms with van der Waals surface area (Å²) in [5, 5.41) is 16.4. The monoisotopic (exact) mass is 228 g/mol. The van der Waals surface area contributed by atoms with E-state index in [-0.39, 0.29) is 0 Å². The number of thiazole rings is 1. The first-order chi connectivity index (χ1) is 7.03. The first-order valence-electron chi connectivity index (χ1n) is 5.37. The second kappa shape index (κ2) is 5.58. The number of rotatable bonds is 6. The Morgan fingerprint density at radius 3 is 2.87 bits per heavy atom. The lowest BCUT2D eigenvalue weighted by molar-refractivity contribution is 0.0508. The highest BCUT2D eigenvalue weighted by Gasteiger charge is 2.21. The highest BCUT2D eigenvalue weighted by Crippen LogP contribution is 2.18. The SMILES string of the molecule is CCNCCC(C)(O)Cc1csc(C)n1. The smallest absolute Gasteiger partial charge is 0.0897 e. The van der Waals surface area contributed by atoms with Crippen LogP contribution in [0.1, 0.15) is 31.0 Å². The summed E-state index contributed by atoms with van der Waals surface area (Å²) in [4.78, 5) is 4.36. The van der Waals surface area contributed by atoms with Gasteiger partial charge in [-0.3, -0.25) is 0 Å². The average molecular weight is 228 g/mol. The van der Waals surface area contributed by atoms with Crippen LogP contribution < -0.4 is 5.32 Å². The van der Waals surface area contributed by atoms with E-state index in [1.807, 2.05) is 19.2 Å². The fraction of sp³-hybridized carbons (Fsp3) is 0.727. The Morgan fingerprint density at radius 1 is 1.60 bits per heavy atom. The summed E-state index contributed by atoms with van der Waals surface area (Å²) in [6.07, 6.45) is 1.40. The maximum Gasteiger partial charge on any atom is 0.0897 e. The van der Waals surface area contributed by atoms with E-state index in [4.69, 9.17) is 0 Å². The molecule has 0 aliphatic rings. The van der Waals surface area contributed by atoms with Crippen molar-refractivity contribution in [3.63, 3.8) is 0 Å². The van der Waals surface area contributed by atoms with Crippen LogP contribution in [0, 0.1) is 6.92 Å². The van der Waals surface area contributed by atoms with Crippen molar-refractivity contribution < 1.29 is 5.11 Å². The number of nitrogens with zero attached hydrogens (tertiary/aromatic N) is 1. The molecule has 1 heterocycles. The van der Waals surface area contributed by atoms with Gasteiger partial charge in [0, 0.05) is 11.8 Å². The Morgan fingerprint density at radius 2 is 2.33 bits per heavy atom. The van der Waals surface area contributed by atoms with Crippen LogP contribution >= 0.6 is 11.3 Å². The van der Waals surface area contributed by atoms with Gasteiger partial charge in [0.25, 0.3) is 0 Å². The molecule has 0 amide bonds. The fourth-order valence-corrected chi connectivity index (χ4v) is 2.12. The average Bonchev–Trinajstić information content (AvgIpc) is 2.50. The second-order valence-electron chi connectivity index (χ2n) is 4.14. The molecule has 1 aromatic rings. The highest BCUT2D eigenvalue weighted by molar-refractivity contribution is 7.09. The molecule has 0 aromatic carbocycles. The van der Waals surface area contributed by atoms with Crippen molar-refractivity contribution >= 4 is 11.3 Å². The largest absolute Gasteiger partial charge is 0.390 e. The lowest BCUT2D eigenvalue weighted by Crippen LogP contribution is -2.32. The van der Waals surface area contributed by atoms with Gasteiger partial charge in [-0.25, -0.2) is 4.98 Å². The maximum atomic E-state index is 10.1. The van der Waals surface area contributed by atoms with Crippen LogP contribution in [0.25, 0.3) is 0 Å². The van der Waals surface area contributed by atoms with Crippen molar-refractivity contribution in [2.45, 2.75) is 39.2 Å². The minimum atomic E-state index is -0.650. The molecule has 0 spiro atoms. The molecule has 2 N–H and O–H groups in total. The molecule has 4 heteroatoms. The maximum absolute atomic E-state index is 10.1. The third-order valence-corrected chi connectivity index (χ3v) is 3.14. The molecule has 1 unspecified atom stereocenters. The van der Waals surface area contributed by atoms with Crippen LogP contribution in [-0.2, 0) is 6.42 Å². The third kappa shape index (κ3) is 4.73. The number of nitrogens with one attached hydrogen (secondary N) is 1. The molecule has 0 bridgehead atoms. The van der Waals surface area contributed by atoms with E-state index in [1.165, 1.54) is 0 Å². The minimum absolute atomic E-state index is 0.642. The van der Waals surface area contributed by atoms with Gasteiger partial charge in [-0.2, -0.15) is 0 Å². The van der Waals surface area contributed by atoms with E-state index in [2.05, 4.69) is 17.2 Å². The minimum Gasteiger partial charge on any atom is -0.390 e. The summed E-state index contributed by atoms with van der Waals surface area (Å²) < 4.78 is 0. The number of hydrogen-bond donors (Lipinski definition) is 2. The molecule has 0 aliphatic heterocycles. The van der Waals surface area contributed by atoms with Crippen LogP contribution in [0.4, 0.5) is 0 Å². The lowest BCUT2D eigenvalue weighted by Gasteiger charge is -2.22. The summed E-state index contributed by atoms with van der Waals surface area (Å²) in [6.45, 7) is 7.73. The zero-order valence-electron chi connectivity index (χ0n) is 9.71. The van der Waals surface area contributed by atoms with Gasteiger partial charge < -0.3 is 10.4 Å². The molecule has 0 fully saturated rings. The van der Waals surface area contributed by atoms with Crippen molar-refractivity contribution in [3.05, 3.63) is 16.1 Å². The van der Waals surface area contributed by atoms with E-state index in [1.54, 1.807) is 11.3 Å². The van der Waals surface area contributed by atoms with Crippen LogP contribution in [0.2, 0.25) is 0 Å². The van der Waals surface area contributed by atoms with Crippen LogP contribution in [-0.4, -0.2) is 28.8 Å². The first-order valence-corrected chi connectivity index (χ1v) is 6.25. The van der Waals surface area contributed by atoms with Crippen molar-refractivity contribution in [2.24, 2.45) is 0 Å². The number of aliphatic hydroxyl groups is 1. The summed E-state index contributed by atoms with van der Waals surface area (Å²) >= 11 is 1.64. The zero-order chi connectivity index (χ0) is 11.3. The fourth-order valence-electron chi connectivity index (χ4n) is 1.50. The first kappa shape index (κ1) is 12.6. The predicted molar refractivity (Wildman–Crippen MR) is 64.3 cm³/mol.